The van der Waals surface area contributed by atoms with Crippen molar-refractivity contribution in [1.82, 2.24) is 14.8 Å². The van der Waals surface area contributed by atoms with E-state index in [1.165, 1.54) is 28.0 Å². The van der Waals surface area contributed by atoms with E-state index in [1.807, 2.05) is 0 Å². The Hall–Kier alpha value is -4.91. The molecule has 2 aliphatic heterocycles. The van der Waals surface area contributed by atoms with E-state index in [9.17, 15) is 32.7 Å². The highest BCUT2D eigenvalue weighted by atomic mass is 19.1. The number of nitrogens with one attached hydrogen (secondary N) is 1. The lowest BCUT2D eigenvalue weighted by Crippen LogP contribution is -2.51. The Morgan fingerprint density at radius 2 is 1.88 bits per heavy atom. The molecule has 2 aliphatic rings. The molecule has 0 saturated heterocycles. The van der Waals surface area contributed by atoms with Gasteiger partial charge in [-0.2, -0.15) is 0 Å². The van der Waals surface area contributed by atoms with Crippen molar-refractivity contribution in [2.45, 2.75) is 38.6 Å². The summed E-state index contributed by atoms with van der Waals surface area (Å²) in [4.78, 5) is 47.5. The van der Waals surface area contributed by atoms with Crippen LogP contribution in [0.25, 0.3) is 0 Å². The fourth-order valence-electron chi connectivity index (χ4n) is 5.01. The van der Waals surface area contributed by atoms with E-state index in [0.717, 1.165) is 0 Å². The van der Waals surface area contributed by atoms with Crippen LogP contribution in [0.4, 0.5) is 13.2 Å². The number of nitrogens with zero attached hydrogens (tertiary/aromatic N) is 3. The number of benzene rings is 2. The zero-order valence-corrected chi connectivity index (χ0v) is 22.9. The summed E-state index contributed by atoms with van der Waals surface area (Å²) in [6.45, 7) is 0.552. The average Bonchev–Trinajstić information content (AvgIpc) is 2.98. The predicted molar refractivity (Wildman–Crippen MR) is 148 cm³/mol. The molecule has 2 amide bonds. The molecule has 0 unspecified atom stereocenters. The van der Waals surface area contributed by atoms with Gasteiger partial charge in [0.05, 0.1) is 24.4 Å². The fourth-order valence-corrected chi connectivity index (χ4v) is 5.01. The van der Waals surface area contributed by atoms with Crippen molar-refractivity contribution in [3.63, 3.8) is 0 Å². The van der Waals surface area contributed by atoms with Gasteiger partial charge in [0.15, 0.2) is 11.4 Å². The van der Waals surface area contributed by atoms with Gasteiger partial charge in [-0.1, -0.05) is 35.5 Å². The summed E-state index contributed by atoms with van der Waals surface area (Å²) >= 11 is 0. The van der Waals surface area contributed by atoms with E-state index >= 15 is 0 Å². The molecule has 224 valence electrons. The SMILES string of the molecule is C/C1=N/O/C=C\[C@H](CO)N2C[C@H](C1)n1cc(C(=O)NCc3c(F)cc(F)cc3F)c(=O)c(OCc3ccccc3)c1C2=O. The molecule has 0 fully saturated rings. The number of aliphatic hydroxyl groups is 1. The number of pyridine rings is 1. The molecule has 13 heteroatoms. The van der Waals surface area contributed by atoms with Crippen molar-refractivity contribution in [2.75, 3.05) is 13.2 Å². The Kier molecular flexibility index (Phi) is 8.62. The topological polar surface area (TPSA) is 122 Å². The van der Waals surface area contributed by atoms with Crippen molar-refractivity contribution in [1.29, 1.82) is 0 Å². The van der Waals surface area contributed by atoms with Crippen LogP contribution >= 0.6 is 0 Å². The van der Waals surface area contributed by atoms with Crippen LogP contribution in [-0.4, -0.2) is 51.3 Å². The zero-order chi connectivity index (χ0) is 30.7. The second-order valence-corrected chi connectivity index (χ2v) is 10.1. The van der Waals surface area contributed by atoms with Crippen LogP contribution in [0.15, 0.2) is 70.9 Å². The number of hydrogen-bond donors (Lipinski definition) is 2. The molecular formula is C30H27F3N4O6. The number of aliphatic hydroxyl groups excluding tert-OH is 1. The van der Waals surface area contributed by atoms with Crippen molar-refractivity contribution in [2.24, 2.45) is 5.16 Å². The quantitative estimate of drug-likeness (QED) is 0.431. The smallest absolute Gasteiger partial charge is 0.275 e. The molecule has 1 aromatic heterocycles. The van der Waals surface area contributed by atoms with Gasteiger partial charge in [-0.3, -0.25) is 14.4 Å². The van der Waals surface area contributed by atoms with Crippen LogP contribution in [0.2, 0.25) is 0 Å². The summed E-state index contributed by atoms with van der Waals surface area (Å²) in [5.41, 5.74) is -0.883. The second kappa shape index (κ2) is 12.5. The first-order valence-electron chi connectivity index (χ1n) is 13.3. The normalized spacial score (nSPS) is 19.9. The molecule has 2 atom stereocenters. The molecular weight excluding hydrogens is 569 g/mol. The maximum absolute atomic E-state index is 14.2. The van der Waals surface area contributed by atoms with Crippen LogP contribution in [0, 0.1) is 17.5 Å². The van der Waals surface area contributed by atoms with E-state index in [-0.39, 0.29) is 25.3 Å². The predicted octanol–water partition coefficient (Wildman–Crippen LogP) is 3.44. The number of hydrogen-bond acceptors (Lipinski definition) is 7. The van der Waals surface area contributed by atoms with E-state index in [0.29, 0.717) is 23.4 Å². The van der Waals surface area contributed by atoms with Crippen LogP contribution < -0.4 is 15.5 Å². The third-order valence-corrected chi connectivity index (χ3v) is 7.15. The number of carbonyl (C=O) groups excluding carboxylic acids is 2. The molecule has 0 radical (unpaired) electrons. The monoisotopic (exact) mass is 596 g/mol. The number of amides is 2. The minimum absolute atomic E-state index is 0.0856. The first-order chi connectivity index (χ1) is 20.7. The van der Waals surface area contributed by atoms with Crippen LogP contribution in [-0.2, 0) is 18.0 Å². The lowest BCUT2D eigenvalue weighted by Gasteiger charge is -2.39. The summed E-state index contributed by atoms with van der Waals surface area (Å²) < 4.78 is 49.1. The van der Waals surface area contributed by atoms with E-state index in [2.05, 4.69) is 10.5 Å². The third-order valence-electron chi connectivity index (χ3n) is 7.15. The molecule has 3 aromatic rings. The maximum Gasteiger partial charge on any atom is 0.275 e. The van der Waals surface area contributed by atoms with Gasteiger partial charge in [-0.15, -0.1) is 0 Å². The van der Waals surface area contributed by atoms with Gasteiger partial charge in [0, 0.05) is 43.4 Å². The van der Waals surface area contributed by atoms with E-state index in [4.69, 9.17) is 9.57 Å². The number of rotatable bonds is 7. The Labute approximate surface area is 243 Å². The van der Waals surface area contributed by atoms with Crippen molar-refractivity contribution >= 4 is 17.5 Å². The van der Waals surface area contributed by atoms with Gasteiger partial charge in [0.25, 0.3) is 11.8 Å². The summed E-state index contributed by atoms with van der Waals surface area (Å²) in [7, 11) is 0. The number of ether oxygens (including phenoxy) is 1. The lowest BCUT2D eigenvalue weighted by molar-refractivity contribution is 0.0530. The molecule has 0 spiro atoms. The molecule has 0 aliphatic carbocycles. The molecule has 10 nitrogen and oxygen atoms in total. The maximum atomic E-state index is 14.2. The summed E-state index contributed by atoms with van der Waals surface area (Å²) in [6.07, 6.45) is 4.15. The lowest BCUT2D eigenvalue weighted by atomic mass is 10.0. The van der Waals surface area contributed by atoms with Gasteiger partial charge in [0.1, 0.15) is 35.9 Å². The number of aromatic nitrogens is 1. The zero-order valence-electron chi connectivity index (χ0n) is 22.9. The number of halogens is 3. The average molecular weight is 597 g/mol. The van der Waals surface area contributed by atoms with Gasteiger partial charge >= 0.3 is 0 Å². The number of carbonyl (C=O) groups is 2. The summed E-state index contributed by atoms with van der Waals surface area (Å²) in [5.74, 6) is -5.55. The Morgan fingerprint density at radius 1 is 1.16 bits per heavy atom. The van der Waals surface area contributed by atoms with Gasteiger partial charge in [-0.05, 0) is 18.6 Å². The Bertz CT molecular complexity index is 1650. The first kappa shape index (κ1) is 29.6. The van der Waals surface area contributed by atoms with Crippen LogP contribution in [0.5, 0.6) is 5.75 Å². The molecule has 5 rings (SSSR count). The molecule has 43 heavy (non-hydrogen) atoms. The second-order valence-electron chi connectivity index (χ2n) is 10.1. The number of fused-ring (bicyclic) bond motifs is 4. The van der Waals surface area contributed by atoms with Gasteiger partial charge in [-0.25, -0.2) is 13.2 Å². The highest BCUT2D eigenvalue weighted by Gasteiger charge is 2.39. The standard InChI is InChI=1S/C30H27F3N4O6/c1-17-9-21-13-37(20(15-38)7-8-43-35-17)30(41)26-28(42-16-18-5-3-2-4-6-18)27(39)23(14-36(21)26)29(40)34-12-22-24(32)10-19(31)11-25(22)33/h2-8,10-11,14,20-21,38H,9,12-13,15-16H2,1H3,(H,34,40)/b8-7-,35-17-/t20-,21+/m1/s1. The van der Waals surface area contributed by atoms with Crippen LogP contribution in [0.1, 0.15) is 51.4 Å². The molecule has 0 saturated carbocycles. The number of oxime groups is 1. The Morgan fingerprint density at radius 3 is 2.58 bits per heavy atom. The largest absolute Gasteiger partial charge is 0.483 e. The molecule has 2 aromatic carbocycles. The summed E-state index contributed by atoms with van der Waals surface area (Å²) in [5, 5.41) is 16.4. The summed E-state index contributed by atoms with van der Waals surface area (Å²) in [6, 6.07) is 8.41. The third kappa shape index (κ3) is 6.16. The minimum Gasteiger partial charge on any atom is -0.483 e. The van der Waals surface area contributed by atoms with Crippen molar-refractivity contribution < 1.29 is 37.4 Å². The van der Waals surface area contributed by atoms with Crippen molar-refractivity contribution in [3.8, 4) is 5.75 Å². The highest BCUT2D eigenvalue weighted by Crippen LogP contribution is 2.31. The van der Waals surface area contributed by atoms with Gasteiger partial charge in [0.2, 0.25) is 5.43 Å². The Balaban J connectivity index is 1.60. The van der Waals surface area contributed by atoms with E-state index in [1.54, 1.807) is 37.3 Å². The van der Waals surface area contributed by atoms with Gasteiger partial charge < -0.3 is 29.5 Å². The molecule has 2 N–H and O–H groups in total. The van der Waals surface area contributed by atoms with Crippen LogP contribution in [0.3, 0.4) is 0 Å². The molecule has 3 heterocycles. The van der Waals surface area contributed by atoms with Crippen molar-refractivity contribution in [3.05, 3.63) is 111 Å². The minimum atomic E-state index is -1.21. The highest BCUT2D eigenvalue weighted by molar-refractivity contribution is 5.99. The molecule has 2 bridgehead atoms. The fraction of sp³-hybridized carbons (Fsp3) is 0.267. The first-order valence-corrected chi connectivity index (χ1v) is 13.3. The van der Waals surface area contributed by atoms with E-state index < -0.39 is 76.8 Å².